The van der Waals surface area contributed by atoms with Crippen molar-refractivity contribution in [3.63, 3.8) is 0 Å². The van der Waals surface area contributed by atoms with E-state index in [0.717, 1.165) is 5.06 Å². The summed E-state index contributed by atoms with van der Waals surface area (Å²) in [6, 6.07) is 0. The van der Waals surface area contributed by atoms with Crippen molar-refractivity contribution in [3.05, 3.63) is 0 Å². The van der Waals surface area contributed by atoms with Crippen LogP contribution in [0.25, 0.3) is 0 Å². The Morgan fingerprint density at radius 1 is 0.893 bits per heavy atom. The summed E-state index contributed by atoms with van der Waals surface area (Å²) in [6.07, 6.45) is 2.72. The lowest BCUT2D eigenvalue weighted by Gasteiger charge is -2.27. The van der Waals surface area contributed by atoms with Gasteiger partial charge in [0, 0.05) is 26.3 Å². The number of amides is 3. The van der Waals surface area contributed by atoms with E-state index in [9.17, 15) is 28.8 Å². The summed E-state index contributed by atoms with van der Waals surface area (Å²) < 4.78 is 0. The average Bonchev–Trinajstić information content (AvgIpc) is 2.69. The minimum Gasteiger partial charge on any atom is -0.338 e. The molecule has 0 heterocycles. The molecule has 0 aromatic carbocycles. The van der Waals surface area contributed by atoms with Crippen LogP contribution >= 0.6 is 0 Å². The van der Waals surface area contributed by atoms with Crippen LogP contribution in [0, 0.1) is 11.8 Å². The zero-order valence-corrected chi connectivity index (χ0v) is 16.1. The van der Waals surface area contributed by atoms with Crippen LogP contribution in [0.5, 0.6) is 0 Å². The Bertz CT molecular complexity index is 598. The molecule has 0 atom stereocenters. The first kappa shape index (κ1) is 23.3. The standard InChI is InChI=1S/C18H26N2O8/c1-3-5-16(24)20(12-22)28-18(26)14-9-7-13(8-10-14)17(25)27-19(2)15(23)6-4-11-21/h11-14H,3-10H2,1-2H3. The molecule has 0 aliphatic heterocycles. The third-order valence-electron chi connectivity index (χ3n) is 4.44. The number of hydrogen-bond acceptors (Lipinski definition) is 8. The molecule has 1 aliphatic rings. The van der Waals surface area contributed by atoms with Crippen molar-refractivity contribution < 1.29 is 38.4 Å². The van der Waals surface area contributed by atoms with Crippen LogP contribution in [0.4, 0.5) is 0 Å². The van der Waals surface area contributed by atoms with Crippen LogP contribution in [-0.2, 0) is 38.4 Å². The zero-order valence-electron chi connectivity index (χ0n) is 16.1. The fraction of sp³-hybridized carbons (Fsp3) is 0.667. The Labute approximate surface area is 163 Å². The van der Waals surface area contributed by atoms with Crippen molar-refractivity contribution in [1.29, 1.82) is 0 Å². The van der Waals surface area contributed by atoms with Crippen molar-refractivity contribution in [2.24, 2.45) is 11.8 Å². The third kappa shape index (κ3) is 7.09. The van der Waals surface area contributed by atoms with Gasteiger partial charge >= 0.3 is 11.9 Å². The number of carbonyl (C=O) groups is 6. The maximum atomic E-state index is 12.1. The van der Waals surface area contributed by atoms with Gasteiger partial charge in [-0.15, -0.1) is 5.06 Å². The molecule has 3 amide bonds. The van der Waals surface area contributed by atoms with Crippen LogP contribution in [0.15, 0.2) is 0 Å². The number of carbonyl (C=O) groups excluding carboxylic acids is 6. The third-order valence-corrected chi connectivity index (χ3v) is 4.44. The Kier molecular flexibility index (Phi) is 9.83. The topological polar surface area (TPSA) is 127 Å². The van der Waals surface area contributed by atoms with Gasteiger partial charge in [-0.05, 0) is 32.1 Å². The molecule has 10 nitrogen and oxygen atoms in total. The molecule has 0 N–H and O–H groups in total. The quantitative estimate of drug-likeness (QED) is 0.436. The van der Waals surface area contributed by atoms with E-state index in [1.54, 1.807) is 6.92 Å². The van der Waals surface area contributed by atoms with Gasteiger partial charge in [-0.25, -0.2) is 9.59 Å². The van der Waals surface area contributed by atoms with E-state index < -0.39 is 35.6 Å². The largest absolute Gasteiger partial charge is 0.338 e. The van der Waals surface area contributed by atoms with Crippen molar-refractivity contribution in [3.8, 4) is 0 Å². The molecule has 0 bridgehead atoms. The van der Waals surface area contributed by atoms with E-state index >= 15 is 0 Å². The maximum Gasteiger partial charge on any atom is 0.336 e. The van der Waals surface area contributed by atoms with Gasteiger partial charge in [0.2, 0.25) is 0 Å². The molecule has 0 unspecified atom stereocenters. The van der Waals surface area contributed by atoms with Gasteiger partial charge in [-0.3, -0.25) is 14.4 Å². The highest BCUT2D eigenvalue weighted by atomic mass is 16.7. The second-order valence-electron chi connectivity index (χ2n) is 6.54. The molecule has 0 spiro atoms. The van der Waals surface area contributed by atoms with Gasteiger partial charge in [0.25, 0.3) is 18.2 Å². The molecule has 156 valence electrons. The minimum absolute atomic E-state index is 0.0458. The Morgan fingerprint density at radius 3 is 1.89 bits per heavy atom. The number of nitrogens with zero attached hydrogens (tertiary/aromatic N) is 2. The van der Waals surface area contributed by atoms with E-state index in [0.29, 0.717) is 43.5 Å². The molecule has 1 saturated carbocycles. The highest BCUT2D eigenvalue weighted by molar-refractivity contribution is 5.87. The monoisotopic (exact) mass is 398 g/mol. The molecule has 1 aliphatic carbocycles. The van der Waals surface area contributed by atoms with E-state index in [4.69, 9.17) is 9.68 Å². The number of aldehydes is 1. The summed E-state index contributed by atoms with van der Waals surface area (Å²) >= 11 is 0. The molecule has 0 aromatic rings. The summed E-state index contributed by atoms with van der Waals surface area (Å²) in [4.78, 5) is 78.7. The van der Waals surface area contributed by atoms with E-state index in [-0.39, 0.29) is 25.7 Å². The zero-order chi connectivity index (χ0) is 21.1. The lowest BCUT2D eigenvalue weighted by molar-refractivity contribution is -0.202. The Hall–Kier alpha value is -2.78. The number of rotatable bonds is 8. The van der Waals surface area contributed by atoms with E-state index in [1.165, 1.54) is 7.05 Å². The minimum atomic E-state index is -0.690. The highest BCUT2D eigenvalue weighted by Gasteiger charge is 2.34. The molecule has 0 saturated heterocycles. The summed E-state index contributed by atoms with van der Waals surface area (Å²) in [6.45, 7) is 1.76. The van der Waals surface area contributed by atoms with Gasteiger partial charge in [0.15, 0.2) is 0 Å². The van der Waals surface area contributed by atoms with Crippen LogP contribution in [0.2, 0.25) is 0 Å². The van der Waals surface area contributed by atoms with Crippen molar-refractivity contribution in [1.82, 2.24) is 10.1 Å². The maximum absolute atomic E-state index is 12.1. The summed E-state index contributed by atoms with van der Waals surface area (Å²) in [5.41, 5.74) is 0. The number of imide groups is 1. The Morgan fingerprint density at radius 2 is 1.43 bits per heavy atom. The first-order valence-corrected chi connectivity index (χ1v) is 9.25. The first-order chi connectivity index (χ1) is 13.3. The van der Waals surface area contributed by atoms with Crippen LogP contribution < -0.4 is 0 Å². The van der Waals surface area contributed by atoms with Gasteiger partial charge in [0.1, 0.15) is 6.29 Å². The first-order valence-electron chi connectivity index (χ1n) is 9.25. The van der Waals surface area contributed by atoms with E-state index in [2.05, 4.69) is 0 Å². The summed E-state index contributed by atoms with van der Waals surface area (Å²) in [5, 5.41) is 1.22. The fourth-order valence-electron chi connectivity index (χ4n) is 2.79. The lowest BCUT2D eigenvalue weighted by Crippen LogP contribution is -2.37. The van der Waals surface area contributed by atoms with E-state index in [1.807, 2.05) is 0 Å². The van der Waals surface area contributed by atoms with Crippen LogP contribution in [0.3, 0.4) is 0 Å². The number of hydrogen-bond donors (Lipinski definition) is 0. The van der Waals surface area contributed by atoms with Gasteiger partial charge in [-0.2, -0.15) is 5.06 Å². The van der Waals surface area contributed by atoms with Crippen LogP contribution in [0.1, 0.15) is 58.3 Å². The van der Waals surface area contributed by atoms with Crippen molar-refractivity contribution in [2.45, 2.75) is 58.3 Å². The average molecular weight is 398 g/mol. The summed E-state index contributed by atoms with van der Waals surface area (Å²) in [7, 11) is 1.30. The lowest BCUT2D eigenvalue weighted by atomic mass is 9.82. The molecular formula is C18H26N2O8. The fourth-order valence-corrected chi connectivity index (χ4v) is 2.79. The summed E-state index contributed by atoms with van der Waals surface area (Å²) in [5.74, 6) is -3.36. The van der Waals surface area contributed by atoms with Gasteiger partial charge in [-0.1, -0.05) is 6.92 Å². The second kappa shape index (κ2) is 11.8. The SMILES string of the molecule is CCCC(=O)N(C=O)OC(=O)C1CCC(C(=O)ON(C)C(=O)CCC=O)CC1. The smallest absolute Gasteiger partial charge is 0.336 e. The molecule has 10 heteroatoms. The second-order valence-corrected chi connectivity index (χ2v) is 6.54. The molecule has 0 aromatic heterocycles. The molecular weight excluding hydrogens is 372 g/mol. The normalized spacial score (nSPS) is 18.5. The molecule has 1 rings (SSSR count). The molecule has 28 heavy (non-hydrogen) atoms. The van der Waals surface area contributed by atoms with Gasteiger partial charge in [0.05, 0.1) is 11.8 Å². The molecule has 1 fully saturated rings. The van der Waals surface area contributed by atoms with Crippen LogP contribution in [-0.4, -0.2) is 53.6 Å². The molecule has 0 radical (unpaired) electrons. The number of hydroxylamine groups is 4. The highest BCUT2D eigenvalue weighted by Crippen LogP contribution is 2.30. The van der Waals surface area contributed by atoms with Gasteiger partial charge < -0.3 is 14.5 Å². The van der Waals surface area contributed by atoms with Crippen molar-refractivity contribution in [2.75, 3.05) is 7.05 Å². The Balaban J connectivity index is 2.46. The predicted molar refractivity (Wildman–Crippen MR) is 93.5 cm³/mol. The van der Waals surface area contributed by atoms with Crippen molar-refractivity contribution >= 4 is 36.4 Å². The predicted octanol–water partition coefficient (Wildman–Crippen LogP) is 0.932.